The lowest BCUT2D eigenvalue weighted by Gasteiger charge is -2.13. The topological polar surface area (TPSA) is 26.3 Å². The molecule has 3 heteroatoms. The summed E-state index contributed by atoms with van der Waals surface area (Å²) in [7, 11) is 0. The Morgan fingerprint density at radius 1 is 1.10 bits per heavy atom. The predicted molar refractivity (Wildman–Crippen MR) is 77.1 cm³/mol. The second-order valence-electron chi connectivity index (χ2n) is 5.08. The van der Waals surface area contributed by atoms with Crippen molar-refractivity contribution in [2.75, 3.05) is 0 Å². The fraction of sp³-hybridized carbons (Fsp3) is 0.235. The largest absolute Gasteiger partial charge is 0.456 e. The van der Waals surface area contributed by atoms with Crippen molar-refractivity contribution in [2.45, 2.75) is 26.7 Å². The van der Waals surface area contributed by atoms with Gasteiger partial charge >= 0.3 is 0 Å². The molecule has 2 aromatic rings. The summed E-state index contributed by atoms with van der Waals surface area (Å²) in [5, 5.41) is 0. The third-order valence-electron chi connectivity index (χ3n) is 3.20. The van der Waals surface area contributed by atoms with Crippen LogP contribution < -0.4 is 4.74 Å². The molecular weight excluding hydrogens is 255 g/mol. The van der Waals surface area contributed by atoms with Crippen LogP contribution in [0.3, 0.4) is 0 Å². The number of aldehydes is 1. The highest BCUT2D eigenvalue weighted by Gasteiger charge is 2.09. The molecule has 2 rings (SSSR count). The third kappa shape index (κ3) is 3.05. The maximum Gasteiger partial charge on any atom is 0.153 e. The Hall–Kier alpha value is -2.16. The molecule has 0 aromatic heterocycles. The van der Waals surface area contributed by atoms with Crippen molar-refractivity contribution in [1.82, 2.24) is 0 Å². The van der Waals surface area contributed by atoms with E-state index >= 15 is 0 Å². The van der Waals surface area contributed by atoms with E-state index in [2.05, 4.69) is 19.9 Å². The smallest absolute Gasteiger partial charge is 0.153 e. The van der Waals surface area contributed by atoms with Gasteiger partial charge in [0.25, 0.3) is 0 Å². The molecule has 104 valence electrons. The number of aryl methyl sites for hydroxylation is 1. The number of halogens is 1. The molecule has 0 aliphatic rings. The van der Waals surface area contributed by atoms with Crippen LogP contribution in [0, 0.1) is 12.7 Å². The number of carbonyl (C=O) groups excluding carboxylic acids is 1. The Kier molecular flexibility index (Phi) is 4.18. The molecule has 0 N–H and O–H groups in total. The van der Waals surface area contributed by atoms with E-state index in [1.165, 1.54) is 18.2 Å². The van der Waals surface area contributed by atoms with Gasteiger partial charge in [-0.25, -0.2) is 4.39 Å². The first-order valence-corrected chi connectivity index (χ1v) is 6.54. The first-order valence-electron chi connectivity index (χ1n) is 6.54. The average molecular weight is 272 g/mol. The van der Waals surface area contributed by atoms with Gasteiger partial charge in [0.05, 0.1) is 5.56 Å². The molecule has 0 unspecified atom stereocenters. The molecule has 20 heavy (non-hydrogen) atoms. The lowest BCUT2D eigenvalue weighted by Crippen LogP contribution is -1.95. The van der Waals surface area contributed by atoms with Gasteiger partial charge in [0, 0.05) is 0 Å². The fourth-order valence-corrected chi connectivity index (χ4v) is 1.91. The zero-order valence-corrected chi connectivity index (χ0v) is 11.8. The zero-order valence-electron chi connectivity index (χ0n) is 11.8. The summed E-state index contributed by atoms with van der Waals surface area (Å²) < 4.78 is 18.9. The SMILES string of the molecule is Cc1ccc(C(C)C)cc1Oc1ccc(F)cc1C=O. The standard InChI is InChI=1S/C17H17FO2/c1-11(2)13-5-4-12(3)17(9-13)20-16-7-6-15(18)8-14(16)10-19/h4-11H,1-3H3. The van der Waals surface area contributed by atoms with E-state index in [4.69, 9.17) is 4.74 Å². The summed E-state index contributed by atoms with van der Waals surface area (Å²) in [6.07, 6.45) is 0.597. The van der Waals surface area contributed by atoms with Crippen molar-refractivity contribution in [2.24, 2.45) is 0 Å². The molecule has 0 atom stereocenters. The zero-order chi connectivity index (χ0) is 14.7. The average Bonchev–Trinajstić information content (AvgIpc) is 2.42. The highest BCUT2D eigenvalue weighted by molar-refractivity contribution is 5.79. The maximum absolute atomic E-state index is 13.1. The second kappa shape index (κ2) is 5.87. The van der Waals surface area contributed by atoms with Crippen LogP contribution >= 0.6 is 0 Å². The number of benzene rings is 2. The van der Waals surface area contributed by atoms with Crippen LogP contribution in [0.2, 0.25) is 0 Å². The normalized spacial score (nSPS) is 10.7. The number of rotatable bonds is 4. The lowest BCUT2D eigenvalue weighted by molar-refractivity contribution is 0.112. The van der Waals surface area contributed by atoms with E-state index in [1.807, 2.05) is 19.1 Å². The van der Waals surface area contributed by atoms with E-state index in [9.17, 15) is 9.18 Å². The predicted octanol–water partition coefficient (Wildman–Crippen LogP) is 4.86. The minimum atomic E-state index is -0.452. The van der Waals surface area contributed by atoms with Crippen LogP contribution in [0.15, 0.2) is 36.4 Å². The van der Waals surface area contributed by atoms with Gasteiger partial charge in [-0.15, -0.1) is 0 Å². The molecule has 0 aliphatic heterocycles. The summed E-state index contributed by atoms with van der Waals surface area (Å²) in [5.41, 5.74) is 2.33. The van der Waals surface area contributed by atoms with Crippen LogP contribution in [-0.4, -0.2) is 6.29 Å². The van der Waals surface area contributed by atoms with E-state index in [0.717, 1.165) is 11.1 Å². The van der Waals surface area contributed by atoms with E-state index in [1.54, 1.807) is 0 Å². The molecule has 0 bridgehead atoms. The van der Waals surface area contributed by atoms with Crippen molar-refractivity contribution in [3.8, 4) is 11.5 Å². The molecule has 0 heterocycles. The van der Waals surface area contributed by atoms with Crippen molar-refractivity contribution < 1.29 is 13.9 Å². The van der Waals surface area contributed by atoms with Gasteiger partial charge in [-0.05, 0) is 48.2 Å². The minimum Gasteiger partial charge on any atom is -0.456 e. The van der Waals surface area contributed by atoms with Crippen molar-refractivity contribution >= 4 is 6.29 Å². The van der Waals surface area contributed by atoms with Crippen LogP contribution in [-0.2, 0) is 0 Å². The van der Waals surface area contributed by atoms with Crippen LogP contribution in [0.4, 0.5) is 4.39 Å². The monoisotopic (exact) mass is 272 g/mol. The summed E-state index contributed by atoms with van der Waals surface area (Å²) in [6.45, 7) is 6.13. The molecule has 0 amide bonds. The lowest BCUT2D eigenvalue weighted by atomic mass is 10.0. The fourth-order valence-electron chi connectivity index (χ4n) is 1.91. The van der Waals surface area contributed by atoms with Gasteiger partial charge in [0.15, 0.2) is 6.29 Å². The first kappa shape index (κ1) is 14.3. The molecule has 0 radical (unpaired) electrons. The molecule has 0 aliphatic carbocycles. The number of carbonyl (C=O) groups is 1. The molecule has 0 saturated heterocycles. The van der Waals surface area contributed by atoms with Crippen LogP contribution in [0.1, 0.15) is 41.3 Å². The Morgan fingerprint density at radius 2 is 1.85 bits per heavy atom. The summed E-state index contributed by atoms with van der Waals surface area (Å²) in [5.74, 6) is 0.986. The molecular formula is C17H17FO2. The van der Waals surface area contributed by atoms with Crippen molar-refractivity contribution in [3.63, 3.8) is 0 Å². The number of ether oxygens (including phenoxy) is 1. The summed E-state index contributed by atoms with van der Waals surface area (Å²) in [4.78, 5) is 11.0. The van der Waals surface area contributed by atoms with Crippen molar-refractivity contribution in [3.05, 3.63) is 58.9 Å². The minimum absolute atomic E-state index is 0.208. The van der Waals surface area contributed by atoms with E-state index < -0.39 is 5.82 Å². The third-order valence-corrected chi connectivity index (χ3v) is 3.20. The van der Waals surface area contributed by atoms with Gasteiger partial charge in [0.1, 0.15) is 17.3 Å². The second-order valence-corrected chi connectivity index (χ2v) is 5.08. The molecule has 0 saturated carbocycles. The Bertz CT molecular complexity index is 633. The molecule has 2 nitrogen and oxygen atoms in total. The van der Waals surface area contributed by atoms with E-state index in [0.29, 0.717) is 23.7 Å². The Balaban J connectivity index is 2.39. The number of hydrogen-bond donors (Lipinski definition) is 0. The van der Waals surface area contributed by atoms with Crippen LogP contribution in [0.5, 0.6) is 11.5 Å². The highest BCUT2D eigenvalue weighted by Crippen LogP contribution is 2.30. The van der Waals surface area contributed by atoms with Gasteiger partial charge in [0.2, 0.25) is 0 Å². The van der Waals surface area contributed by atoms with Gasteiger partial charge in [-0.2, -0.15) is 0 Å². The quantitative estimate of drug-likeness (QED) is 0.743. The first-order chi connectivity index (χ1) is 9.51. The summed E-state index contributed by atoms with van der Waals surface area (Å²) >= 11 is 0. The summed E-state index contributed by atoms with van der Waals surface area (Å²) in [6, 6.07) is 9.92. The Morgan fingerprint density at radius 3 is 2.50 bits per heavy atom. The highest BCUT2D eigenvalue weighted by atomic mass is 19.1. The Labute approximate surface area is 118 Å². The maximum atomic E-state index is 13.1. The van der Waals surface area contributed by atoms with Crippen LogP contribution in [0.25, 0.3) is 0 Å². The van der Waals surface area contributed by atoms with Gasteiger partial charge in [-0.3, -0.25) is 4.79 Å². The van der Waals surface area contributed by atoms with Crippen molar-refractivity contribution in [1.29, 1.82) is 0 Å². The van der Waals surface area contributed by atoms with E-state index in [-0.39, 0.29) is 5.56 Å². The number of hydrogen-bond acceptors (Lipinski definition) is 2. The van der Waals surface area contributed by atoms with Gasteiger partial charge in [-0.1, -0.05) is 26.0 Å². The molecule has 2 aromatic carbocycles. The molecule has 0 spiro atoms. The molecule has 0 fully saturated rings. The van der Waals surface area contributed by atoms with Gasteiger partial charge < -0.3 is 4.74 Å².